The van der Waals surface area contributed by atoms with Crippen molar-refractivity contribution < 1.29 is 4.79 Å². The highest BCUT2D eigenvalue weighted by atomic mass is 32.1. The fourth-order valence-electron chi connectivity index (χ4n) is 6.15. The number of hydrogen-bond donors (Lipinski definition) is 0. The molecule has 1 aromatic carbocycles. The molecule has 29 heavy (non-hydrogen) atoms. The van der Waals surface area contributed by atoms with Gasteiger partial charge in [0.25, 0.3) is 5.91 Å². The molecular weight excluding hydrogens is 376 g/mol. The molecule has 1 amide bonds. The molecule has 2 bridgehead atoms. The molecular formula is C25H30N2OS. The van der Waals surface area contributed by atoms with Crippen LogP contribution in [-0.2, 0) is 6.54 Å². The topological polar surface area (TPSA) is 25.2 Å². The van der Waals surface area contributed by atoms with Gasteiger partial charge in [-0.25, -0.2) is 0 Å². The number of nitrogens with zero attached hydrogens (tertiary/aromatic N) is 2. The number of rotatable bonds is 3. The Bertz CT molecular complexity index is 1090. The predicted octanol–water partition coefficient (Wildman–Crippen LogP) is 6.10. The third-order valence-corrected chi connectivity index (χ3v) is 7.77. The molecule has 1 aliphatic heterocycles. The molecule has 2 aliphatic rings. The van der Waals surface area contributed by atoms with Gasteiger partial charge in [-0.1, -0.05) is 50.6 Å². The van der Waals surface area contributed by atoms with E-state index in [2.05, 4.69) is 78.9 Å². The van der Waals surface area contributed by atoms with Crippen LogP contribution < -0.4 is 0 Å². The van der Waals surface area contributed by atoms with Crippen molar-refractivity contribution in [3.8, 4) is 0 Å². The SMILES string of the molecule is Cc1cccc(Cn2c(C(=O)N3C[C@@]4(C)C[C@H]3CC(C)(C)C4)cc3ccsc32)c1. The predicted molar refractivity (Wildman–Crippen MR) is 121 cm³/mol. The lowest BCUT2D eigenvalue weighted by molar-refractivity contribution is 0.0698. The van der Waals surface area contributed by atoms with E-state index in [0.29, 0.717) is 11.5 Å². The minimum absolute atomic E-state index is 0.215. The lowest BCUT2D eigenvalue weighted by atomic mass is 9.65. The van der Waals surface area contributed by atoms with Gasteiger partial charge in [-0.05, 0) is 60.1 Å². The van der Waals surface area contributed by atoms with E-state index >= 15 is 0 Å². The van der Waals surface area contributed by atoms with Gasteiger partial charge < -0.3 is 9.47 Å². The molecule has 5 rings (SSSR count). The molecule has 4 heteroatoms. The van der Waals surface area contributed by atoms with E-state index in [4.69, 9.17) is 0 Å². The third kappa shape index (κ3) is 3.31. The van der Waals surface area contributed by atoms with E-state index in [1.54, 1.807) is 11.3 Å². The van der Waals surface area contributed by atoms with Crippen LogP contribution in [0.5, 0.6) is 0 Å². The highest BCUT2D eigenvalue weighted by Crippen LogP contribution is 2.52. The lowest BCUT2D eigenvalue weighted by Crippen LogP contribution is -2.38. The van der Waals surface area contributed by atoms with E-state index in [-0.39, 0.29) is 11.3 Å². The highest BCUT2D eigenvalue weighted by Gasteiger charge is 2.51. The fraction of sp³-hybridized carbons (Fsp3) is 0.480. The van der Waals surface area contributed by atoms with Gasteiger partial charge >= 0.3 is 0 Å². The summed E-state index contributed by atoms with van der Waals surface area (Å²) >= 11 is 1.73. The smallest absolute Gasteiger partial charge is 0.270 e. The van der Waals surface area contributed by atoms with E-state index in [0.717, 1.165) is 31.6 Å². The van der Waals surface area contributed by atoms with Gasteiger partial charge in [0.05, 0.1) is 0 Å². The quantitative estimate of drug-likeness (QED) is 0.516. The molecule has 3 aromatic rings. The van der Waals surface area contributed by atoms with E-state index in [1.165, 1.54) is 27.8 Å². The summed E-state index contributed by atoms with van der Waals surface area (Å²) in [6, 6.07) is 13.2. The zero-order valence-electron chi connectivity index (χ0n) is 17.9. The maximum absolute atomic E-state index is 13.8. The maximum Gasteiger partial charge on any atom is 0.270 e. The molecule has 3 nitrogen and oxygen atoms in total. The van der Waals surface area contributed by atoms with Crippen molar-refractivity contribution >= 4 is 27.5 Å². The molecule has 3 heterocycles. The number of amides is 1. The fourth-order valence-corrected chi connectivity index (χ4v) is 7.04. The molecule has 0 radical (unpaired) electrons. The standard InChI is InChI=1S/C25H30N2OS/c1-17-6-5-7-18(10-17)14-26-21(11-19-8-9-29-23(19)26)22(28)27-16-25(4)13-20(27)12-24(2,3)15-25/h5-11,20H,12-16H2,1-4H3/t20-,25+/m1/s1. The number of aryl methyl sites for hydroxylation is 1. The van der Waals surface area contributed by atoms with Gasteiger partial charge in [0.2, 0.25) is 0 Å². The summed E-state index contributed by atoms with van der Waals surface area (Å²) in [4.78, 5) is 17.2. The zero-order chi connectivity index (χ0) is 20.4. The molecule has 152 valence electrons. The van der Waals surface area contributed by atoms with Gasteiger partial charge in [-0.15, -0.1) is 11.3 Å². The molecule has 1 saturated heterocycles. The van der Waals surface area contributed by atoms with Crippen molar-refractivity contribution in [1.29, 1.82) is 0 Å². The monoisotopic (exact) mass is 406 g/mol. The van der Waals surface area contributed by atoms with E-state index in [1.807, 2.05) is 0 Å². The first kappa shape index (κ1) is 18.9. The van der Waals surface area contributed by atoms with Gasteiger partial charge in [0, 0.05) is 24.5 Å². The van der Waals surface area contributed by atoms with Crippen LogP contribution in [-0.4, -0.2) is 28.0 Å². The number of benzene rings is 1. The number of aromatic nitrogens is 1. The Morgan fingerprint density at radius 1 is 1.17 bits per heavy atom. The summed E-state index contributed by atoms with van der Waals surface area (Å²) in [5.41, 5.74) is 3.93. The zero-order valence-corrected chi connectivity index (χ0v) is 18.7. The summed E-state index contributed by atoms with van der Waals surface area (Å²) in [5.74, 6) is 0.215. The van der Waals surface area contributed by atoms with E-state index < -0.39 is 0 Å². The van der Waals surface area contributed by atoms with Crippen LogP contribution in [0.15, 0.2) is 41.8 Å². The van der Waals surface area contributed by atoms with Gasteiger partial charge in [0.15, 0.2) is 0 Å². The van der Waals surface area contributed by atoms with Crippen molar-refractivity contribution in [3.05, 3.63) is 58.6 Å². The lowest BCUT2D eigenvalue weighted by Gasteiger charge is -2.39. The summed E-state index contributed by atoms with van der Waals surface area (Å²) in [6.45, 7) is 10.9. The molecule has 0 spiro atoms. The van der Waals surface area contributed by atoms with Gasteiger partial charge in [-0.3, -0.25) is 4.79 Å². The van der Waals surface area contributed by atoms with Gasteiger partial charge in [-0.2, -0.15) is 0 Å². The van der Waals surface area contributed by atoms with Crippen LogP contribution in [0.3, 0.4) is 0 Å². The van der Waals surface area contributed by atoms with Crippen molar-refractivity contribution in [2.45, 2.75) is 59.5 Å². The number of thiophene rings is 1. The minimum Gasteiger partial charge on any atom is -0.334 e. The largest absolute Gasteiger partial charge is 0.334 e. The minimum atomic E-state index is 0.215. The Balaban J connectivity index is 1.52. The second-order valence-electron chi connectivity index (χ2n) is 10.4. The summed E-state index contributed by atoms with van der Waals surface area (Å²) in [6.07, 6.45) is 3.47. The average molecular weight is 407 g/mol. The highest BCUT2D eigenvalue weighted by molar-refractivity contribution is 7.16. The first-order valence-electron chi connectivity index (χ1n) is 10.7. The van der Waals surface area contributed by atoms with Crippen molar-refractivity contribution in [3.63, 3.8) is 0 Å². The maximum atomic E-state index is 13.8. The van der Waals surface area contributed by atoms with Crippen LogP contribution in [0, 0.1) is 17.8 Å². The molecule has 0 N–H and O–H groups in total. The summed E-state index contributed by atoms with van der Waals surface area (Å²) in [7, 11) is 0. The number of carbonyl (C=O) groups is 1. The van der Waals surface area contributed by atoms with Gasteiger partial charge in [0.1, 0.15) is 10.5 Å². The summed E-state index contributed by atoms with van der Waals surface area (Å²) in [5, 5.41) is 3.30. The number of fused-ring (bicyclic) bond motifs is 3. The second kappa shape index (κ2) is 6.46. The molecule has 0 unspecified atom stereocenters. The average Bonchev–Trinajstić information content (AvgIpc) is 3.26. The molecule has 1 aliphatic carbocycles. The van der Waals surface area contributed by atoms with Crippen LogP contribution in [0.1, 0.15) is 61.6 Å². The Hall–Kier alpha value is -2.07. The second-order valence-corrected chi connectivity index (χ2v) is 11.3. The van der Waals surface area contributed by atoms with Crippen molar-refractivity contribution in [1.82, 2.24) is 9.47 Å². The van der Waals surface area contributed by atoms with Crippen LogP contribution in [0.25, 0.3) is 10.2 Å². The Morgan fingerprint density at radius 2 is 2.00 bits per heavy atom. The number of carbonyl (C=O) groups excluding carboxylic acids is 1. The Kier molecular flexibility index (Phi) is 4.22. The molecule has 2 aromatic heterocycles. The summed E-state index contributed by atoms with van der Waals surface area (Å²) < 4.78 is 2.24. The Morgan fingerprint density at radius 3 is 2.79 bits per heavy atom. The number of likely N-dealkylation sites (tertiary alicyclic amines) is 1. The Labute approximate surface area is 177 Å². The number of hydrogen-bond acceptors (Lipinski definition) is 2. The first-order chi connectivity index (χ1) is 13.7. The molecule has 2 fully saturated rings. The third-order valence-electron chi connectivity index (χ3n) is 6.82. The van der Waals surface area contributed by atoms with Crippen LogP contribution in [0.4, 0.5) is 0 Å². The molecule has 2 atom stereocenters. The van der Waals surface area contributed by atoms with Crippen molar-refractivity contribution in [2.24, 2.45) is 10.8 Å². The van der Waals surface area contributed by atoms with Crippen LogP contribution in [0.2, 0.25) is 0 Å². The molecule has 1 saturated carbocycles. The normalized spacial score (nSPS) is 25.7. The van der Waals surface area contributed by atoms with E-state index in [9.17, 15) is 4.79 Å². The first-order valence-corrected chi connectivity index (χ1v) is 11.5. The van der Waals surface area contributed by atoms with Crippen molar-refractivity contribution in [2.75, 3.05) is 6.54 Å². The van der Waals surface area contributed by atoms with Crippen LogP contribution >= 0.6 is 11.3 Å².